The van der Waals surface area contributed by atoms with Gasteiger partial charge >= 0.3 is 17.9 Å². The van der Waals surface area contributed by atoms with Gasteiger partial charge in [0.05, 0.1) is 56.1 Å². The number of nitro benzene ring substituents is 3. The second-order valence-electron chi connectivity index (χ2n) is 17.1. The molecular weight excluding hydrogens is 1000 g/mol. The number of para-hydroxylation sites is 3. The average Bonchev–Trinajstić information content (AvgIpc) is 4.07. The average molecular weight is 1050 g/mol. The van der Waals surface area contributed by atoms with E-state index in [0.29, 0.717) is 66.3 Å². The van der Waals surface area contributed by atoms with E-state index in [1.807, 2.05) is 36.4 Å². The summed E-state index contributed by atoms with van der Waals surface area (Å²) in [6.07, 6.45) is 0. The normalized spacial score (nSPS) is 13.4. The van der Waals surface area contributed by atoms with Crippen molar-refractivity contribution in [1.82, 2.24) is 0 Å². The van der Waals surface area contributed by atoms with Gasteiger partial charge in [-0.1, -0.05) is 54.6 Å². The molecule has 0 aliphatic heterocycles. The maximum absolute atomic E-state index is 13.3. The molecule has 3 unspecified atom stereocenters. The van der Waals surface area contributed by atoms with E-state index in [9.17, 15) is 44.7 Å². The third-order valence-corrected chi connectivity index (χ3v) is 15.7. The van der Waals surface area contributed by atoms with Gasteiger partial charge in [0.1, 0.15) is 53.3 Å². The molecule has 9 aromatic rings. The standard InChI is InChI=1S/C52H43N3O15S3/c1-28(35-16-38-32-10-4-7-13-44(32)68-47(38)19-41(35)53(59)60)71-25-50(56)65-22-31(23-66-51(57)26-72-29(2)36-17-39-33-11-5-8-14-45(33)69-48(39)20-42(36)54(61)62)24-67-52(58)27-73-30(3)37-18-40-34-12-6-9-15-46(34)70-49(40)21-43(37)55(63)64/h4-21,28-31H,22-27H2,1-3H3. The molecule has 3 heterocycles. The number of nitro groups is 3. The number of carbonyl (C=O) groups is 3. The summed E-state index contributed by atoms with van der Waals surface area (Å²) in [6, 6.07) is 31.0. The van der Waals surface area contributed by atoms with Crippen LogP contribution in [0.1, 0.15) is 53.2 Å². The predicted octanol–water partition coefficient (Wildman–Crippen LogP) is 13.1. The van der Waals surface area contributed by atoms with Crippen molar-refractivity contribution in [3.63, 3.8) is 0 Å². The van der Waals surface area contributed by atoms with Crippen molar-refractivity contribution in [2.45, 2.75) is 36.5 Å². The first-order chi connectivity index (χ1) is 35.1. The third kappa shape index (κ3) is 10.9. The molecule has 0 spiro atoms. The number of carbonyl (C=O) groups excluding carboxylic acids is 3. The quantitative estimate of drug-likeness (QED) is 0.0281. The minimum absolute atomic E-state index is 0.166. The van der Waals surface area contributed by atoms with Crippen LogP contribution < -0.4 is 0 Å². The highest BCUT2D eigenvalue weighted by Gasteiger charge is 2.28. The number of furan rings is 3. The topological polar surface area (TPSA) is 248 Å². The zero-order valence-corrected chi connectivity index (χ0v) is 41.6. The molecule has 0 aliphatic carbocycles. The Morgan fingerprint density at radius 3 is 0.986 bits per heavy atom. The smallest absolute Gasteiger partial charge is 0.315 e. The summed E-state index contributed by atoms with van der Waals surface area (Å²) in [7, 11) is 0. The van der Waals surface area contributed by atoms with Crippen molar-refractivity contribution in [3.05, 3.63) is 156 Å². The monoisotopic (exact) mass is 1050 g/mol. The minimum atomic E-state index is -0.849. The van der Waals surface area contributed by atoms with E-state index in [-0.39, 0.29) is 54.1 Å². The number of fused-ring (bicyclic) bond motifs is 9. The molecule has 18 nitrogen and oxygen atoms in total. The number of esters is 3. The summed E-state index contributed by atoms with van der Waals surface area (Å²) in [5.41, 5.74) is 3.45. The molecule has 21 heteroatoms. The molecule has 0 amide bonds. The third-order valence-electron chi connectivity index (χ3n) is 12.3. The molecule has 374 valence electrons. The SMILES string of the molecule is CC(SCC(=O)OCC(COC(=O)CSC(C)c1cc2c(cc1[N+](=O)[O-])oc1ccccc12)COC(=O)CSC(C)c1cc2c(cc1[N+](=O)[O-])oc1ccccc12)c1cc2c(cc1[N+](=O)[O-])oc1ccccc12. The highest BCUT2D eigenvalue weighted by atomic mass is 32.2. The fourth-order valence-corrected chi connectivity index (χ4v) is 11.0. The predicted molar refractivity (Wildman–Crippen MR) is 280 cm³/mol. The van der Waals surface area contributed by atoms with Crippen LogP contribution in [0.5, 0.6) is 0 Å². The van der Waals surface area contributed by atoms with E-state index in [4.69, 9.17) is 27.5 Å². The van der Waals surface area contributed by atoms with Gasteiger partial charge < -0.3 is 27.5 Å². The van der Waals surface area contributed by atoms with Crippen LogP contribution in [0.15, 0.2) is 122 Å². The van der Waals surface area contributed by atoms with Gasteiger partial charge in [-0.15, -0.1) is 35.3 Å². The van der Waals surface area contributed by atoms with Crippen molar-refractivity contribution in [1.29, 1.82) is 0 Å². The largest absolute Gasteiger partial charge is 0.464 e. The van der Waals surface area contributed by atoms with Crippen LogP contribution in [0.25, 0.3) is 65.8 Å². The molecule has 6 aromatic carbocycles. The van der Waals surface area contributed by atoms with E-state index in [0.717, 1.165) is 51.4 Å². The van der Waals surface area contributed by atoms with Crippen LogP contribution in [0, 0.1) is 36.3 Å². The van der Waals surface area contributed by atoms with Crippen molar-refractivity contribution in [2.24, 2.45) is 5.92 Å². The summed E-state index contributed by atoms with van der Waals surface area (Å²) >= 11 is 3.35. The van der Waals surface area contributed by atoms with E-state index in [1.165, 1.54) is 18.2 Å². The van der Waals surface area contributed by atoms with Gasteiger partial charge in [0.2, 0.25) is 0 Å². The maximum atomic E-state index is 13.3. The Hall–Kier alpha value is -7.62. The van der Waals surface area contributed by atoms with E-state index in [2.05, 4.69) is 0 Å². The number of hydrogen-bond acceptors (Lipinski definition) is 18. The summed E-state index contributed by atoms with van der Waals surface area (Å²) in [5.74, 6) is -3.53. The lowest BCUT2D eigenvalue weighted by Gasteiger charge is -2.19. The maximum Gasteiger partial charge on any atom is 0.315 e. The van der Waals surface area contributed by atoms with Crippen molar-refractivity contribution in [3.8, 4) is 0 Å². The second-order valence-corrected chi connectivity index (χ2v) is 21.0. The van der Waals surface area contributed by atoms with Crippen LogP contribution in [-0.2, 0) is 28.6 Å². The van der Waals surface area contributed by atoms with Gasteiger partial charge in [-0.2, -0.15) is 0 Å². The fraction of sp³-hybridized carbons (Fsp3) is 0.250. The van der Waals surface area contributed by atoms with Crippen molar-refractivity contribution < 1.29 is 56.6 Å². The Balaban J connectivity index is 0.847. The van der Waals surface area contributed by atoms with Crippen LogP contribution in [0.4, 0.5) is 17.1 Å². The Morgan fingerprint density at radius 2 is 0.712 bits per heavy atom. The van der Waals surface area contributed by atoms with Crippen LogP contribution >= 0.6 is 35.3 Å². The molecule has 0 radical (unpaired) electrons. The van der Waals surface area contributed by atoms with Crippen molar-refractivity contribution in [2.75, 3.05) is 37.1 Å². The highest BCUT2D eigenvalue weighted by Crippen LogP contribution is 2.43. The lowest BCUT2D eigenvalue weighted by Crippen LogP contribution is -2.27. The molecule has 0 aliphatic rings. The second kappa shape index (κ2) is 21.6. The van der Waals surface area contributed by atoms with Gasteiger partial charge in [0, 0.05) is 64.8 Å². The van der Waals surface area contributed by atoms with Gasteiger partial charge in [0.15, 0.2) is 0 Å². The van der Waals surface area contributed by atoms with Gasteiger partial charge in [0.25, 0.3) is 17.1 Å². The lowest BCUT2D eigenvalue weighted by molar-refractivity contribution is -0.385. The Labute approximate surface area is 426 Å². The summed E-state index contributed by atoms with van der Waals surface area (Å²) < 4.78 is 34.4. The first kappa shape index (κ1) is 50.3. The number of nitrogens with zero attached hydrogens (tertiary/aromatic N) is 3. The minimum Gasteiger partial charge on any atom is -0.464 e. The number of hydrogen-bond donors (Lipinski definition) is 0. The molecule has 73 heavy (non-hydrogen) atoms. The highest BCUT2D eigenvalue weighted by molar-refractivity contribution is 8.00. The molecular formula is C52H43N3O15S3. The number of benzene rings is 6. The molecule has 0 fully saturated rings. The van der Waals surface area contributed by atoms with Gasteiger partial charge in [-0.05, 0) is 57.2 Å². The van der Waals surface area contributed by atoms with Crippen LogP contribution in [0.2, 0.25) is 0 Å². The number of rotatable bonds is 21. The zero-order chi connectivity index (χ0) is 51.5. The van der Waals surface area contributed by atoms with Crippen LogP contribution in [0.3, 0.4) is 0 Å². The fourth-order valence-electron chi connectivity index (χ4n) is 8.53. The van der Waals surface area contributed by atoms with Gasteiger partial charge in [-0.25, -0.2) is 0 Å². The number of thioether (sulfide) groups is 3. The molecule has 0 saturated carbocycles. The molecule has 0 N–H and O–H groups in total. The van der Waals surface area contributed by atoms with Gasteiger partial charge in [-0.3, -0.25) is 44.7 Å². The summed E-state index contributed by atoms with van der Waals surface area (Å²) in [4.78, 5) is 74.7. The first-order valence-corrected chi connectivity index (χ1v) is 25.9. The summed E-state index contributed by atoms with van der Waals surface area (Å²) in [6.45, 7) is 4.18. The first-order valence-electron chi connectivity index (χ1n) is 22.7. The molecule has 3 atom stereocenters. The molecule has 0 saturated heterocycles. The lowest BCUT2D eigenvalue weighted by atomic mass is 10.1. The van der Waals surface area contributed by atoms with E-state index >= 15 is 0 Å². The Morgan fingerprint density at radius 1 is 0.438 bits per heavy atom. The Bertz CT molecular complexity index is 3270. The number of ether oxygens (including phenoxy) is 3. The zero-order valence-electron chi connectivity index (χ0n) is 39.1. The van der Waals surface area contributed by atoms with E-state index in [1.54, 1.807) is 75.4 Å². The Kier molecular flexibility index (Phi) is 14.9. The molecule has 0 bridgehead atoms. The van der Waals surface area contributed by atoms with Crippen LogP contribution in [-0.4, -0.2) is 69.8 Å². The van der Waals surface area contributed by atoms with E-state index < -0.39 is 54.3 Å². The summed E-state index contributed by atoms with van der Waals surface area (Å²) in [5, 5.41) is 39.3. The van der Waals surface area contributed by atoms with Crippen molar-refractivity contribution >= 4 is 136 Å². The molecule has 9 rings (SSSR count). The molecule has 3 aromatic heterocycles.